The predicted molar refractivity (Wildman–Crippen MR) is 136 cm³/mol. The van der Waals surface area contributed by atoms with Crippen molar-refractivity contribution in [2.24, 2.45) is 7.05 Å². The maximum Gasteiger partial charge on any atom is 0.266 e. The van der Waals surface area contributed by atoms with Crippen LogP contribution in [0.3, 0.4) is 0 Å². The van der Waals surface area contributed by atoms with Gasteiger partial charge in [-0.2, -0.15) is 5.10 Å². The summed E-state index contributed by atoms with van der Waals surface area (Å²) in [5, 5.41) is 8.39. The van der Waals surface area contributed by atoms with Crippen LogP contribution in [0, 0.1) is 0 Å². The molecular weight excluding hydrogens is 520 g/mol. The van der Waals surface area contributed by atoms with E-state index in [9.17, 15) is 13.2 Å². The van der Waals surface area contributed by atoms with E-state index in [1.54, 1.807) is 55.7 Å². The fourth-order valence-electron chi connectivity index (χ4n) is 3.56. The second-order valence-corrected chi connectivity index (χ2v) is 10.2. The number of aryl methyl sites for hydroxylation is 1. The fourth-order valence-corrected chi connectivity index (χ4v) is 5.87. The number of ether oxygens (including phenoxy) is 1. The van der Waals surface area contributed by atoms with Crippen molar-refractivity contribution in [2.75, 3.05) is 22.8 Å². The summed E-state index contributed by atoms with van der Waals surface area (Å²) in [7, 11) is -2.47. The minimum atomic E-state index is -4.14. The van der Waals surface area contributed by atoms with Gasteiger partial charge in [-0.1, -0.05) is 36.4 Å². The van der Waals surface area contributed by atoms with E-state index in [0.717, 1.165) is 9.69 Å². The fraction of sp³-hybridized carbons (Fsp3) is 0.167. The van der Waals surface area contributed by atoms with Gasteiger partial charge in [-0.05, 0) is 58.6 Å². The number of halogens is 1. The molecular formula is C24H23BrN4O4S. The lowest BCUT2D eigenvalue weighted by molar-refractivity contribution is -0.114. The standard InChI is InChI=1S/C24H23BrN4O4S/c1-3-33-19-13-11-18(12-14-19)26-23(30)16-29(24-21(25)15-28(2)27-24)34(31,32)22-10-6-8-17-7-4-5-9-20(17)22/h4-15H,3,16H2,1-2H3,(H,26,30). The molecule has 0 bridgehead atoms. The molecule has 1 N–H and O–H groups in total. The van der Waals surface area contributed by atoms with Crippen LogP contribution in [0.1, 0.15) is 6.92 Å². The van der Waals surface area contributed by atoms with Crippen LogP contribution < -0.4 is 14.4 Å². The summed E-state index contributed by atoms with van der Waals surface area (Å²) in [4.78, 5) is 13.1. The molecule has 0 atom stereocenters. The van der Waals surface area contributed by atoms with Crippen molar-refractivity contribution in [1.82, 2.24) is 9.78 Å². The molecule has 1 heterocycles. The highest BCUT2D eigenvalue weighted by atomic mass is 79.9. The van der Waals surface area contributed by atoms with Crippen LogP contribution in [-0.2, 0) is 21.9 Å². The second-order valence-electron chi connectivity index (χ2n) is 7.47. The van der Waals surface area contributed by atoms with Gasteiger partial charge in [0, 0.05) is 24.3 Å². The molecule has 34 heavy (non-hydrogen) atoms. The van der Waals surface area contributed by atoms with E-state index in [4.69, 9.17) is 4.74 Å². The Morgan fingerprint density at radius 2 is 1.79 bits per heavy atom. The van der Waals surface area contributed by atoms with Crippen LogP contribution in [0.4, 0.5) is 11.5 Å². The van der Waals surface area contributed by atoms with Crippen molar-refractivity contribution in [3.05, 3.63) is 77.4 Å². The summed E-state index contributed by atoms with van der Waals surface area (Å²) in [6, 6.07) is 19.1. The van der Waals surface area contributed by atoms with E-state index >= 15 is 0 Å². The van der Waals surface area contributed by atoms with E-state index < -0.39 is 22.5 Å². The topological polar surface area (TPSA) is 93.5 Å². The largest absolute Gasteiger partial charge is 0.494 e. The van der Waals surface area contributed by atoms with Crippen LogP contribution in [0.15, 0.2) is 82.3 Å². The minimum Gasteiger partial charge on any atom is -0.494 e. The molecule has 0 unspecified atom stereocenters. The first-order valence-corrected chi connectivity index (χ1v) is 12.7. The third kappa shape index (κ3) is 4.92. The molecule has 0 fully saturated rings. The predicted octanol–water partition coefficient (Wildman–Crippen LogP) is 4.57. The molecule has 4 aromatic rings. The van der Waals surface area contributed by atoms with Gasteiger partial charge < -0.3 is 10.1 Å². The Balaban J connectivity index is 1.70. The zero-order valence-corrected chi connectivity index (χ0v) is 21.0. The normalized spacial score (nSPS) is 11.4. The third-order valence-corrected chi connectivity index (χ3v) is 7.41. The maximum absolute atomic E-state index is 13.9. The number of amides is 1. The SMILES string of the molecule is CCOc1ccc(NC(=O)CN(c2nn(C)cc2Br)S(=O)(=O)c2cccc3ccccc23)cc1. The first kappa shape index (κ1) is 23.8. The lowest BCUT2D eigenvalue weighted by atomic mass is 10.1. The van der Waals surface area contributed by atoms with Gasteiger partial charge in [0.15, 0.2) is 5.82 Å². The summed E-state index contributed by atoms with van der Waals surface area (Å²) in [6.07, 6.45) is 1.63. The van der Waals surface area contributed by atoms with E-state index in [1.807, 2.05) is 25.1 Å². The number of nitrogens with one attached hydrogen (secondary N) is 1. The Labute approximate surface area is 206 Å². The maximum atomic E-state index is 13.9. The quantitative estimate of drug-likeness (QED) is 0.352. The lowest BCUT2D eigenvalue weighted by Gasteiger charge is -2.23. The van der Waals surface area contributed by atoms with Gasteiger partial charge in [0.1, 0.15) is 12.3 Å². The Hall–Kier alpha value is -3.37. The molecule has 0 spiro atoms. The highest BCUT2D eigenvalue weighted by Gasteiger charge is 2.32. The average Bonchev–Trinajstić information content (AvgIpc) is 3.15. The van der Waals surface area contributed by atoms with Gasteiger partial charge in [0.25, 0.3) is 10.0 Å². The van der Waals surface area contributed by atoms with E-state index in [0.29, 0.717) is 27.9 Å². The Morgan fingerprint density at radius 1 is 1.09 bits per heavy atom. The number of anilines is 2. The number of carbonyl (C=O) groups is 1. The zero-order valence-electron chi connectivity index (χ0n) is 18.6. The Bertz CT molecular complexity index is 1430. The molecule has 3 aromatic carbocycles. The summed E-state index contributed by atoms with van der Waals surface area (Å²) >= 11 is 3.38. The van der Waals surface area contributed by atoms with E-state index in [1.165, 1.54) is 10.7 Å². The van der Waals surface area contributed by atoms with Crippen LogP contribution in [0.2, 0.25) is 0 Å². The van der Waals surface area contributed by atoms with Crippen LogP contribution in [0.5, 0.6) is 5.75 Å². The zero-order chi connectivity index (χ0) is 24.3. The summed E-state index contributed by atoms with van der Waals surface area (Å²) < 4.78 is 36.1. The van der Waals surface area contributed by atoms with Crippen LogP contribution in [-0.4, -0.2) is 37.3 Å². The van der Waals surface area contributed by atoms with Crippen molar-refractivity contribution in [2.45, 2.75) is 11.8 Å². The molecule has 0 aliphatic carbocycles. The second kappa shape index (κ2) is 9.86. The Morgan fingerprint density at radius 3 is 2.47 bits per heavy atom. The molecule has 8 nitrogen and oxygen atoms in total. The number of nitrogens with zero attached hydrogens (tertiary/aromatic N) is 3. The lowest BCUT2D eigenvalue weighted by Crippen LogP contribution is -2.38. The minimum absolute atomic E-state index is 0.0945. The van der Waals surface area contributed by atoms with Gasteiger partial charge in [0.2, 0.25) is 5.91 Å². The number of aromatic nitrogens is 2. The number of sulfonamides is 1. The number of benzene rings is 3. The molecule has 0 radical (unpaired) electrons. The molecule has 0 aliphatic rings. The van der Waals surface area contributed by atoms with Gasteiger partial charge in [-0.25, -0.2) is 12.7 Å². The first-order chi connectivity index (χ1) is 16.3. The van der Waals surface area contributed by atoms with Gasteiger partial charge in [-0.15, -0.1) is 0 Å². The number of hydrogen-bond donors (Lipinski definition) is 1. The smallest absolute Gasteiger partial charge is 0.266 e. The van der Waals surface area contributed by atoms with Gasteiger partial charge in [0.05, 0.1) is 16.0 Å². The highest BCUT2D eigenvalue weighted by molar-refractivity contribution is 9.10. The van der Waals surface area contributed by atoms with Crippen molar-refractivity contribution >= 4 is 54.1 Å². The summed E-state index contributed by atoms with van der Waals surface area (Å²) in [6.45, 7) is 1.95. The molecule has 176 valence electrons. The highest BCUT2D eigenvalue weighted by Crippen LogP contribution is 2.32. The van der Waals surface area contributed by atoms with Gasteiger partial charge >= 0.3 is 0 Å². The number of carbonyl (C=O) groups excluding carboxylic acids is 1. The van der Waals surface area contributed by atoms with E-state index in [-0.39, 0.29) is 10.7 Å². The summed E-state index contributed by atoms with van der Waals surface area (Å²) in [5.74, 6) is 0.292. The van der Waals surface area contributed by atoms with Crippen molar-refractivity contribution in [3.8, 4) is 5.75 Å². The number of rotatable bonds is 8. The molecule has 1 aromatic heterocycles. The van der Waals surface area contributed by atoms with Crippen molar-refractivity contribution in [3.63, 3.8) is 0 Å². The first-order valence-electron chi connectivity index (χ1n) is 10.5. The average molecular weight is 543 g/mol. The number of fused-ring (bicyclic) bond motifs is 1. The number of hydrogen-bond acceptors (Lipinski definition) is 5. The third-order valence-electron chi connectivity index (χ3n) is 5.06. The van der Waals surface area contributed by atoms with Crippen LogP contribution in [0.25, 0.3) is 10.8 Å². The summed E-state index contributed by atoms with van der Waals surface area (Å²) in [5.41, 5.74) is 0.524. The van der Waals surface area contributed by atoms with Crippen molar-refractivity contribution < 1.29 is 17.9 Å². The molecule has 0 aliphatic heterocycles. The van der Waals surface area contributed by atoms with Crippen molar-refractivity contribution in [1.29, 1.82) is 0 Å². The van der Waals surface area contributed by atoms with E-state index in [2.05, 4.69) is 26.3 Å². The Kier molecular flexibility index (Phi) is 6.90. The van der Waals surface area contributed by atoms with Gasteiger partial charge in [-0.3, -0.25) is 9.48 Å². The molecule has 0 saturated carbocycles. The molecule has 10 heteroatoms. The molecule has 0 saturated heterocycles. The van der Waals surface area contributed by atoms with Crippen LogP contribution >= 0.6 is 15.9 Å². The molecule has 1 amide bonds. The molecule has 4 rings (SSSR count). The monoisotopic (exact) mass is 542 g/mol.